The molecule has 0 aromatic rings. The summed E-state index contributed by atoms with van der Waals surface area (Å²) >= 11 is 0. The monoisotopic (exact) mass is 270 g/mol. The van der Waals surface area contributed by atoms with Crippen molar-refractivity contribution in [2.75, 3.05) is 19.6 Å². The third-order valence-electron chi connectivity index (χ3n) is 3.60. The van der Waals surface area contributed by atoms with Gasteiger partial charge in [-0.3, -0.25) is 9.80 Å². The van der Waals surface area contributed by atoms with Crippen molar-refractivity contribution in [3.05, 3.63) is 0 Å². The van der Waals surface area contributed by atoms with Gasteiger partial charge in [-0.05, 0) is 46.7 Å². The molecule has 2 atom stereocenters. The van der Waals surface area contributed by atoms with Crippen LogP contribution in [-0.4, -0.2) is 64.3 Å². The quantitative estimate of drug-likeness (QED) is 0.815. The largest absolute Gasteiger partial charge is 0.480 e. The molecule has 0 saturated carbocycles. The minimum atomic E-state index is -0.950. The number of carbonyl (C=O) groups is 2. The second kappa shape index (κ2) is 5.00. The molecule has 6 nitrogen and oxygen atoms in total. The van der Waals surface area contributed by atoms with E-state index in [0.717, 1.165) is 19.5 Å². The third kappa shape index (κ3) is 3.18. The molecular weight excluding hydrogens is 248 g/mol. The van der Waals surface area contributed by atoms with Crippen molar-refractivity contribution in [2.24, 2.45) is 0 Å². The van der Waals surface area contributed by atoms with Gasteiger partial charge in [0, 0.05) is 12.6 Å². The molecule has 2 unspecified atom stereocenters. The Bertz CT molecular complexity index is 373. The van der Waals surface area contributed by atoms with Gasteiger partial charge in [0.2, 0.25) is 0 Å². The van der Waals surface area contributed by atoms with E-state index in [1.807, 2.05) is 0 Å². The fraction of sp³-hybridized carbons (Fsp3) is 0.846. The molecule has 0 spiro atoms. The van der Waals surface area contributed by atoms with Crippen LogP contribution in [0.4, 0.5) is 4.79 Å². The average molecular weight is 270 g/mol. The van der Waals surface area contributed by atoms with Crippen LogP contribution >= 0.6 is 0 Å². The van der Waals surface area contributed by atoms with E-state index in [1.54, 1.807) is 20.8 Å². The van der Waals surface area contributed by atoms with Gasteiger partial charge in [-0.25, -0.2) is 9.59 Å². The molecule has 2 rings (SSSR count). The van der Waals surface area contributed by atoms with Crippen LogP contribution in [0, 0.1) is 0 Å². The van der Waals surface area contributed by atoms with E-state index in [1.165, 1.54) is 4.90 Å². The van der Waals surface area contributed by atoms with Gasteiger partial charge in [0.25, 0.3) is 0 Å². The first-order valence-corrected chi connectivity index (χ1v) is 6.74. The van der Waals surface area contributed by atoms with Crippen molar-refractivity contribution in [3.63, 3.8) is 0 Å². The molecule has 19 heavy (non-hydrogen) atoms. The van der Waals surface area contributed by atoms with Crippen LogP contribution in [0.3, 0.4) is 0 Å². The molecule has 0 radical (unpaired) electrons. The van der Waals surface area contributed by atoms with Crippen LogP contribution in [-0.2, 0) is 9.53 Å². The van der Waals surface area contributed by atoms with Gasteiger partial charge in [0.15, 0.2) is 0 Å². The molecule has 2 aliphatic rings. The van der Waals surface area contributed by atoms with Crippen molar-refractivity contribution < 1.29 is 19.4 Å². The Balaban J connectivity index is 2.04. The first-order chi connectivity index (χ1) is 8.78. The fourth-order valence-corrected chi connectivity index (χ4v) is 2.54. The molecule has 2 aliphatic heterocycles. The normalized spacial score (nSPS) is 28.1. The summed E-state index contributed by atoms with van der Waals surface area (Å²) in [6.45, 7) is 7.79. The molecule has 2 fully saturated rings. The fourth-order valence-electron chi connectivity index (χ4n) is 2.54. The number of carboxylic acid groups (broad SMARTS) is 1. The molecule has 2 heterocycles. The zero-order chi connectivity index (χ0) is 14.2. The second-order valence-electron chi connectivity index (χ2n) is 6.27. The highest BCUT2D eigenvalue weighted by atomic mass is 16.6. The molecule has 108 valence electrons. The van der Waals surface area contributed by atoms with Crippen LogP contribution in [0.15, 0.2) is 0 Å². The zero-order valence-corrected chi connectivity index (χ0v) is 11.8. The van der Waals surface area contributed by atoms with E-state index in [9.17, 15) is 14.7 Å². The van der Waals surface area contributed by atoms with Crippen molar-refractivity contribution in [1.29, 1.82) is 0 Å². The average Bonchev–Trinajstić information content (AvgIpc) is 2.56. The van der Waals surface area contributed by atoms with Gasteiger partial charge in [0.1, 0.15) is 11.6 Å². The smallest absolute Gasteiger partial charge is 0.411 e. The molecule has 0 aromatic heterocycles. The summed E-state index contributed by atoms with van der Waals surface area (Å²) in [5, 5.41) is 9.25. The van der Waals surface area contributed by atoms with Crippen molar-refractivity contribution in [1.82, 2.24) is 9.80 Å². The number of hydrogen-bond acceptors (Lipinski definition) is 4. The molecule has 0 bridgehead atoms. The minimum absolute atomic E-state index is 0.155. The number of ether oxygens (including phenoxy) is 1. The maximum absolute atomic E-state index is 12.1. The number of carbonyl (C=O) groups excluding carboxylic acids is 1. The van der Waals surface area contributed by atoms with E-state index in [2.05, 4.69) is 4.90 Å². The number of nitrogens with zero attached hydrogens (tertiary/aromatic N) is 2. The Hall–Kier alpha value is -1.30. The maximum Gasteiger partial charge on any atom is 0.411 e. The standard InChI is InChI=1S/C13H22N2O4/c1-13(2,3)19-12(18)15-8-9(14-5-4-6-14)7-10(15)11(16)17/h9-10H,4-8H2,1-3H3,(H,16,17). The number of rotatable bonds is 2. The van der Waals surface area contributed by atoms with Gasteiger partial charge < -0.3 is 9.84 Å². The predicted octanol–water partition coefficient (Wildman–Crippen LogP) is 1.15. The Morgan fingerprint density at radius 1 is 1.26 bits per heavy atom. The van der Waals surface area contributed by atoms with Crippen LogP contribution < -0.4 is 0 Å². The highest BCUT2D eigenvalue weighted by Crippen LogP contribution is 2.27. The number of amides is 1. The van der Waals surface area contributed by atoms with E-state index in [-0.39, 0.29) is 6.04 Å². The second-order valence-corrected chi connectivity index (χ2v) is 6.27. The van der Waals surface area contributed by atoms with Gasteiger partial charge >= 0.3 is 12.1 Å². The number of hydrogen-bond donors (Lipinski definition) is 1. The van der Waals surface area contributed by atoms with E-state index in [0.29, 0.717) is 13.0 Å². The SMILES string of the molecule is CC(C)(C)OC(=O)N1CC(N2CCC2)CC1C(=O)O. The van der Waals surface area contributed by atoms with Crippen molar-refractivity contribution >= 4 is 12.1 Å². The van der Waals surface area contributed by atoms with Gasteiger partial charge in [-0.2, -0.15) is 0 Å². The van der Waals surface area contributed by atoms with Crippen molar-refractivity contribution in [3.8, 4) is 0 Å². The maximum atomic E-state index is 12.1. The lowest BCUT2D eigenvalue weighted by Crippen LogP contribution is -2.47. The van der Waals surface area contributed by atoms with Crippen LogP contribution in [0.25, 0.3) is 0 Å². The Kier molecular flexibility index (Phi) is 3.71. The summed E-state index contributed by atoms with van der Waals surface area (Å²) in [7, 11) is 0. The van der Waals surface area contributed by atoms with Crippen LogP contribution in [0.2, 0.25) is 0 Å². The summed E-state index contributed by atoms with van der Waals surface area (Å²) in [4.78, 5) is 27.0. The lowest BCUT2D eigenvalue weighted by atomic mass is 10.1. The highest BCUT2D eigenvalue weighted by molar-refractivity contribution is 5.81. The first-order valence-electron chi connectivity index (χ1n) is 6.74. The van der Waals surface area contributed by atoms with Crippen LogP contribution in [0.5, 0.6) is 0 Å². The number of likely N-dealkylation sites (tertiary alicyclic amines) is 2. The van der Waals surface area contributed by atoms with Gasteiger partial charge in [-0.1, -0.05) is 0 Å². The molecule has 0 aromatic carbocycles. The Morgan fingerprint density at radius 3 is 2.32 bits per heavy atom. The van der Waals surface area contributed by atoms with E-state index >= 15 is 0 Å². The number of aliphatic carboxylic acids is 1. The lowest BCUT2D eigenvalue weighted by Gasteiger charge is -2.36. The topological polar surface area (TPSA) is 70.1 Å². The molecule has 6 heteroatoms. The van der Waals surface area contributed by atoms with Crippen molar-refractivity contribution in [2.45, 2.75) is 51.3 Å². The van der Waals surface area contributed by atoms with Gasteiger partial charge in [-0.15, -0.1) is 0 Å². The number of carboxylic acids is 1. The summed E-state index contributed by atoms with van der Waals surface area (Å²) < 4.78 is 5.29. The molecular formula is C13H22N2O4. The zero-order valence-electron chi connectivity index (χ0n) is 11.8. The van der Waals surface area contributed by atoms with E-state index in [4.69, 9.17) is 4.74 Å². The predicted molar refractivity (Wildman–Crippen MR) is 69.0 cm³/mol. The third-order valence-corrected chi connectivity index (χ3v) is 3.60. The van der Waals surface area contributed by atoms with Gasteiger partial charge in [0.05, 0.1) is 0 Å². The minimum Gasteiger partial charge on any atom is -0.480 e. The molecule has 2 saturated heterocycles. The summed E-state index contributed by atoms with van der Waals surface area (Å²) in [5.74, 6) is -0.950. The summed E-state index contributed by atoms with van der Waals surface area (Å²) in [6.07, 6.45) is 1.12. The van der Waals surface area contributed by atoms with E-state index < -0.39 is 23.7 Å². The highest BCUT2D eigenvalue weighted by Gasteiger charge is 2.44. The lowest BCUT2D eigenvalue weighted by molar-refractivity contribution is -0.142. The first kappa shape index (κ1) is 14.1. The molecule has 1 N–H and O–H groups in total. The van der Waals surface area contributed by atoms with Crippen LogP contribution in [0.1, 0.15) is 33.6 Å². The molecule has 1 amide bonds. The molecule has 0 aliphatic carbocycles. The Labute approximate surface area is 113 Å². The Morgan fingerprint density at radius 2 is 1.89 bits per heavy atom. The summed E-state index contributed by atoms with van der Waals surface area (Å²) in [6, 6.07) is -0.609. The summed E-state index contributed by atoms with van der Waals surface area (Å²) in [5.41, 5.74) is -0.602.